The van der Waals surface area contributed by atoms with E-state index in [0.29, 0.717) is 0 Å². The first-order valence-electron chi connectivity index (χ1n) is 7.83. The van der Waals surface area contributed by atoms with E-state index in [1.54, 1.807) is 20.8 Å². The van der Waals surface area contributed by atoms with E-state index in [-0.39, 0.29) is 38.0 Å². The van der Waals surface area contributed by atoms with E-state index in [1.165, 1.54) is 4.90 Å². The van der Waals surface area contributed by atoms with E-state index >= 15 is 0 Å². The molecule has 1 aliphatic carbocycles. The molecule has 0 radical (unpaired) electrons. The fourth-order valence-electron chi connectivity index (χ4n) is 2.49. The van der Waals surface area contributed by atoms with E-state index in [4.69, 9.17) is 9.84 Å². The Morgan fingerprint density at radius 3 is 2.35 bits per heavy atom. The fraction of sp³-hybridized carbons (Fsp3) is 0.800. The van der Waals surface area contributed by atoms with Crippen molar-refractivity contribution in [1.82, 2.24) is 15.5 Å². The van der Waals surface area contributed by atoms with Gasteiger partial charge in [-0.1, -0.05) is 0 Å². The zero-order valence-electron chi connectivity index (χ0n) is 13.8. The van der Waals surface area contributed by atoms with Gasteiger partial charge < -0.3 is 20.1 Å². The standard InChI is InChI=1S/C15H25N3O5/c1-14(2,3)23-13(22)18-8-15(9-18,6-12(20)21)16-7-11(19)17-10-4-5-10/h10,16H,4-9H2,1-3H3,(H,17,19)(H,20,21). The minimum Gasteiger partial charge on any atom is -0.481 e. The smallest absolute Gasteiger partial charge is 0.410 e. The Bertz CT molecular complexity index is 490. The van der Waals surface area contributed by atoms with Crippen LogP contribution in [0.1, 0.15) is 40.0 Å². The zero-order chi connectivity index (χ0) is 17.3. The highest BCUT2D eigenvalue weighted by molar-refractivity contribution is 5.79. The van der Waals surface area contributed by atoms with Crippen LogP contribution in [0.5, 0.6) is 0 Å². The molecular formula is C15H25N3O5. The van der Waals surface area contributed by atoms with Crippen molar-refractivity contribution >= 4 is 18.0 Å². The Balaban J connectivity index is 1.85. The third kappa shape index (κ3) is 5.38. The van der Waals surface area contributed by atoms with Gasteiger partial charge in [0.2, 0.25) is 5.91 Å². The minimum atomic E-state index is -0.969. The minimum absolute atomic E-state index is 0.0476. The third-order valence-corrected chi connectivity index (χ3v) is 3.69. The van der Waals surface area contributed by atoms with Crippen molar-refractivity contribution in [1.29, 1.82) is 0 Å². The topological polar surface area (TPSA) is 108 Å². The number of carbonyl (C=O) groups excluding carboxylic acids is 2. The van der Waals surface area contributed by atoms with Crippen molar-refractivity contribution in [2.75, 3.05) is 19.6 Å². The van der Waals surface area contributed by atoms with Crippen molar-refractivity contribution in [2.24, 2.45) is 0 Å². The predicted molar refractivity (Wildman–Crippen MR) is 82.0 cm³/mol. The lowest BCUT2D eigenvalue weighted by Gasteiger charge is -2.49. The molecule has 2 aliphatic rings. The van der Waals surface area contributed by atoms with Crippen molar-refractivity contribution in [3.05, 3.63) is 0 Å². The monoisotopic (exact) mass is 327 g/mol. The first-order chi connectivity index (χ1) is 10.6. The fourth-order valence-corrected chi connectivity index (χ4v) is 2.49. The van der Waals surface area contributed by atoms with Gasteiger partial charge in [-0.05, 0) is 33.6 Å². The van der Waals surface area contributed by atoms with Crippen LogP contribution in [-0.4, -0.2) is 64.8 Å². The van der Waals surface area contributed by atoms with Gasteiger partial charge in [0.25, 0.3) is 0 Å². The lowest BCUT2D eigenvalue weighted by atomic mass is 9.86. The van der Waals surface area contributed by atoms with Gasteiger partial charge in [0.05, 0.1) is 18.5 Å². The van der Waals surface area contributed by atoms with Crippen LogP contribution in [0, 0.1) is 0 Å². The molecule has 8 nitrogen and oxygen atoms in total. The first kappa shape index (κ1) is 17.5. The lowest BCUT2D eigenvalue weighted by Crippen LogP contribution is -2.72. The van der Waals surface area contributed by atoms with Gasteiger partial charge in [-0.3, -0.25) is 14.9 Å². The van der Waals surface area contributed by atoms with E-state index in [2.05, 4.69) is 10.6 Å². The second kappa shape index (κ2) is 6.35. The molecule has 130 valence electrons. The summed E-state index contributed by atoms with van der Waals surface area (Å²) in [7, 11) is 0. The van der Waals surface area contributed by atoms with Crippen LogP contribution in [0.3, 0.4) is 0 Å². The molecule has 2 amide bonds. The predicted octanol–water partition coefficient (Wildman–Crippen LogP) is 0.319. The number of aliphatic carboxylic acids is 1. The normalized spacial score (nSPS) is 19.7. The van der Waals surface area contributed by atoms with E-state index < -0.39 is 23.2 Å². The maximum atomic E-state index is 12.0. The molecule has 8 heteroatoms. The van der Waals surface area contributed by atoms with Crippen molar-refractivity contribution in [3.8, 4) is 0 Å². The summed E-state index contributed by atoms with van der Waals surface area (Å²) in [6, 6.07) is 0.263. The molecule has 1 saturated heterocycles. The van der Waals surface area contributed by atoms with Gasteiger partial charge in [-0.15, -0.1) is 0 Å². The molecule has 0 bridgehead atoms. The highest BCUT2D eigenvalue weighted by Crippen LogP contribution is 2.27. The first-order valence-corrected chi connectivity index (χ1v) is 7.83. The molecule has 1 saturated carbocycles. The molecule has 2 rings (SSSR count). The summed E-state index contributed by atoms with van der Waals surface area (Å²) in [5.74, 6) is -1.11. The number of carboxylic acid groups (broad SMARTS) is 1. The molecule has 0 aromatic rings. The molecule has 23 heavy (non-hydrogen) atoms. The largest absolute Gasteiger partial charge is 0.481 e. The number of hydrogen-bond acceptors (Lipinski definition) is 5. The number of amides is 2. The number of likely N-dealkylation sites (tertiary alicyclic amines) is 1. The summed E-state index contributed by atoms with van der Waals surface area (Å²) in [4.78, 5) is 36.2. The average molecular weight is 327 g/mol. The summed E-state index contributed by atoms with van der Waals surface area (Å²) in [5.41, 5.74) is -1.37. The molecule has 1 aliphatic heterocycles. The second-order valence-electron chi connectivity index (χ2n) is 7.38. The molecule has 0 atom stereocenters. The summed E-state index contributed by atoms with van der Waals surface area (Å²) in [6.07, 6.45) is 1.38. The molecule has 0 spiro atoms. The van der Waals surface area contributed by atoms with Gasteiger partial charge >= 0.3 is 12.1 Å². The molecule has 0 unspecified atom stereocenters. The van der Waals surface area contributed by atoms with Gasteiger partial charge in [-0.2, -0.15) is 0 Å². The van der Waals surface area contributed by atoms with Gasteiger partial charge in [0.15, 0.2) is 0 Å². The lowest BCUT2D eigenvalue weighted by molar-refractivity contribution is -0.141. The third-order valence-electron chi connectivity index (χ3n) is 3.69. The van der Waals surface area contributed by atoms with Crippen LogP contribution in [0.4, 0.5) is 4.79 Å². The van der Waals surface area contributed by atoms with Crippen molar-refractivity contribution in [2.45, 2.75) is 57.2 Å². The number of hydrogen-bond donors (Lipinski definition) is 3. The van der Waals surface area contributed by atoms with Crippen LogP contribution in [-0.2, 0) is 14.3 Å². The maximum Gasteiger partial charge on any atom is 0.410 e. The average Bonchev–Trinajstić information content (AvgIpc) is 3.12. The van der Waals surface area contributed by atoms with E-state index in [0.717, 1.165) is 12.8 Å². The quantitative estimate of drug-likeness (QED) is 0.648. The Kier molecular flexibility index (Phi) is 4.84. The molecular weight excluding hydrogens is 302 g/mol. The van der Waals surface area contributed by atoms with Crippen molar-refractivity contribution < 1.29 is 24.2 Å². The van der Waals surface area contributed by atoms with Gasteiger partial charge in [0.1, 0.15) is 5.60 Å². The van der Waals surface area contributed by atoms with Crippen LogP contribution in [0.15, 0.2) is 0 Å². The molecule has 1 heterocycles. The molecule has 0 aromatic heterocycles. The number of ether oxygens (including phenoxy) is 1. The maximum absolute atomic E-state index is 12.0. The van der Waals surface area contributed by atoms with Crippen LogP contribution in [0.2, 0.25) is 0 Å². The summed E-state index contributed by atoms with van der Waals surface area (Å²) in [5, 5.41) is 14.9. The summed E-state index contributed by atoms with van der Waals surface area (Å²) >= 11 is 0. The van der Waals surface area contributed by atoms with E-state index in [9.17, 15) is 14.4 Å². The molecule has 2 fully saturated rings. The van der Waals surface area contributed by atoms with Crippen LogP contribution in [0.25, 0.3) is 0 Å². The van der Waals surface area contributed by atoms with Crippen LogP contribution >= 0.6 is 0 Å². The second-order valence-corrected chi connectivity index (χ2v) is 7.38. The number of carbonyl (C=O) groups is 3. The number of carboxylic acids is 1. The number of nitrogens with one attached hydrogen (secondary N) is 2. The van der Waals surface area contributed by atoms with Crippen molar-refractivity contribution in [3.63, 3.8) is 0 Å². The van der Waals surface area contributed by atoms with Gasteiger partial charge in [-0.25, -0.2) is 4.79 Å². The Labute approximate surface area is 135 Å². The SMILES string of the molecule is CC(C)(C)OC(=O)N1CC(CC(=O)O)(NCC(=O)NC2CC2)C1. The Morgan fingerprint density at radius 2 is 1.87 bits per heavy atom. The number of rotatable bonds is 6. The summed E-state index contributed by atoms with van der Waals surface area (Å²) < 4.78 is 5.26. The van der Waals surface area contributed by atoms with Gasteiger partial charge in [0, 0.05) is 19.1 Å². The number of nitrogens with zero attached hydrogens (tertiary/aromatic N) is 1. The Hall–Kier alpha value is -1.83. The molecule has 0 aromatic carbocycles. The molecule has 3 N–H and O–H groups in total. The van der Waals surface area contributed by atoms with E-state index in [1.807, 2.05) is 0 Å². The Morgan fingerprint density at radius 1 is 1.26 bits per heavy atom. The highest BCUT2D eigenvalue weighted by atomic mass is 16.6. The highest BCUT2D eigenvalue weighted by Gasteiger charge is 2.48. The zero-order valence-corrected chi connectivity index (χ0v) is 13.8. The van der Waals surface area contributed by atoms with Crippen LogP contribution < -0.4 is 10.6 Å². The summed E-state index contributed by atoms with van der Waals surface area (Å²) in [6.45, 7) is 5.79.